The molecular formula is C27H24ClNO5. The second kappa shape index (κ2) is 9.71. The summed E-state index contributed by atoms with van der Waals surface area (Å²) in [5.74, 6) is -0.176. The molecular weight excluding hydrogens is 454 g/mol. The van der Waals surface area contributed by atoms with Crippen molar-refractivity contribution in [2.75, 3.05) is 14.2 Å². The van der Waals surface area contributed by atoms with Crippen LogP contribution in [-0.2, 0) is 16.2 Å². The first-order valence-corrected chi connectivity index (χ1v) is 11.2. The highest BCUT2D eigenvalue weighted by Crippen LogP contribution is 2.40. The van der Waals surface area contributed by atoms with Gasteiger partial charge in [0.1, 0.15) is 5.75 Å². The van der Waals surface area contributed by atoms with Crippen molar-refractivity contribution < 1.29 is 24.1 Å². The van der Waals surface area contributed by atoms with Crippen LogP contribution < -0.4 is 4.74 Å². The van der Waals surface area contributed by atoms with Gasteiger partial charge in [0.05, 0.1) is 25.3 Å². The predicted molar refractivity (Wildman–Crippen MR) is 132 cm³/mol. The number of carbonyl (C=O) groups is 2. The van der Waals surface area contributed by atoms with Crippen molar-refractivity contribution in [2.45, 2.75) is 20.3 Å². The Balaban J connectivity index is 2.07. The standard InChI is InChI=1S/C27H24ClNO5/c1-5-17-7-6-8-21(27(31)34-33-4)25(17)24-16(2)29(23-14-13-20(32-3)15-22(23)24)26(30)18-9-11-19(28)12-10-18/h6-15H,5H2,1-4H3. The summed E-state index contributed by atoms with van der Waals surface area (Å²) in [5.41, 5.74) is 4.64. The normalized spacial score (nSPS) is 11.0. The van der Waals surface area contributed by atoms with Crippen molar-refractivity contribution in [1.82, 2.24) is 4.57 Å². The maximum absolute atomic E-state index is 13.6. The van der Waals surface area contributed by atoms with E-state index in [1.165, 1.54) is 7.11 Å². The summed E-state index contributed by atoms with van der Waals surface area (Å²) < 4.78 is 7.13. The van der Waals surface area contributed by atoms with E-state index in [1.807, 2.05) is 44.2 Å². The highest BCUT2D eigenvalue weighted by atomic mass is 35.5. The van der Waals surface area contributed by atoms with Crippen molar-refractivity contribution in [1.29, 1.82) is 0 Å². The molecule has 0 fully saturated rings. The summed E-state index contributed by atoms with van der Waals surface area (Å²) in [4.78, 5) is 36.0. The fourth-order valence-electron chi connectivity index (χ4n) is 4.30. The highest BCUT2D eigenvalue weighted by molar-refractivity contribution is 6.30. The molecule has 4 rings (SSSR count). The maximum atomic E-state index is 13.6. The molecule has 0 N–H and O–H groups in total. The van der Waals surface area contributed by atoms with Crippen LogP contribution >= 0.6 is 11.6 Å². The molecule has 0 bridgehead atoms. The fourth-order valence-corrected chi connectivity index (χ4v) is 4.43. The Bertz CT molecular complexity index is 1390. The molecule has 0 spiro atoms. The quantitative estimate of drug-likeness (QED) is 0.242. The molecule has 1 aromatic heterocycles. The third-order valence-electron chi connectivity index (χ3n) is 5.87. The van der Waals surface area contributed by atoms with Gasteiger partial charge in [-0.3, -0.25) is 14.2 Å². The molecule has 3 aromatic carbocycles. The van der Waals surface area contributed by atoms with Gasteiger partial charge in [0, 0.05) is 32.8 Å². The number of ether oxygens (including phenoxy) is 1. The average molecular weight is 478 g/mol. The third kappa shape index (κ3) is 4.06. The van der Waals surface area contributed by atoms with Crippen LogP contribution in [0.25, 0.3) is 22.0 Å². The minimum atomic E-state index is -0.611. The first-order chi connectivity index (χ1) is 16.4. The second-order valence-electron chi connectivity index (χ2n) is 7.72. The number of halogens is 1. The van der Waals surface area contributed by atoms with E-state index in [9.17, 15) is 9.59 Å². The fraction of sp³-hybridized carbons (Fsp3) is 0.185. The Kier molecular flexibility index (Phi) is 6.72. The van der Waals surface area contributed by atoms with E-state index < -0.39 is 5.97 Å². The smallest absolute Gasteiger partial charge is 0.373 e. The lowest BCUT2D eigenvalue weighted by molar-refractivity contribution is -0.216. The number of aryl methyl sites for hydroxylation is 1. The molecule has 0 aliphatic heterocycles. The van der Waals surface area contributed by atoms with Gasteiger partial charge >= 0.3 is 5.97 Å². The number of aromatic nitrogens is 1. The lowest BCUT2D eigenvalue weighted by atomic mass is 9.91. The van der Waals surface area contributed by atoms with E-state index in [4.69, 9.17) is 21.2 Å². The van der Waals surface area contributed by atoms with E-state index in [1.54, 1.807) is 42.0 Å². The molecule has 0 atom stereocenters. The van der Waals surface area contributed by atoms with Crippen LogP contribution in [0.1, 0.15) is 38.9 Å². The zero-order valence-electron chi connectivity index (χ0n) is 19.3. The number of hydrogen-bond acceptors (Lipinski definition) is 5. The summed E-state index contributed by atoms with van der Waals surface area (Å²) in [7, 11) is 2.87. The molecule has 0 amide bonds. The maximum Gasteiger partial charge on any atom is 0.373 e. The molecule has 0 saturated carbocycles. The average Bonchev–Trinajstić information content (AvgIpc) is 3.14. The lowest BCUT2D eigenvalue weighted by Crippen LogP contribution is -2.14. The molecule has 7 heteroatoms. The number of rotatable bonds is 6. The van der Waals surface area contributed by atoms with Crippen molar-refractivity contribution in [3.63, 3.8) is 0 Å². The number of benzene rings is 3. The van der Waals surface area contributed by atoms with Crippen LogP contribution in [0, 0.1) is 6.92 Å². The molecule has 1 heterocycles. The number of hydrogen-bond donors (Lipinski definition) is 0. The predicted octanol–water partition coefficient (Wildman–Crippen LogP) is 6.25. The molecule has 0 saturated heterocycles. The van der Waals surface area contributed by atoms with Crippen LogP contribution in [0.3, 0.4) is 0 Å². The van der Waals surface area contributed by atoms with Gasteiger partial charge in [-0.25, -0.2) is 4.79 Å². The Morgan fingerprint density at radius 2 is 1.71 bits per heavy atom. The van der Waals surface area contributed by atoms with Gasteiger partial charge in [-0.1, -0.05) is 30.7 Å². The number of fused-ring (bicyclic) bond motifs is 1. The summed E-state index contributed by atoms with van der Waals surface area (Å²) in [6, 6.07) is 17.8. The van der Waals surface area contributed by atoms with Gasteiger partial charge in [-0.2, -0.15) is 4.89 Å². The van der Waals surface area contributed by atoms with Gasteiger partial charge in [0.25, 0.3) is 5.91 Å². The van der Waals surface area contributed by atoms with E-state index in [0.29, 0.717) is 45.1 Å². The summed E-state index contributed by atoms with van der Waals surface area (Å²) in [6.07, 6.45) is 0.671. The van der Waals surface area contributed by atoms with Gasteiger partial charge in [-0.15, -0.1) is 0 Å². The monoisotopic (exact) mass is 477 g/mol. The van der Waals surface area contributed by atoms with Crippen LogP contribution in [0.15, 0.2) is 60.7 Å². The molecule has 0 radical (unpaired) electrons. The van der Waals surface area contributed by atoms with Gasteiger partial charge in [0.15, 0.2) is 0 Å². The number of nitrogens with zero attached hydrogens (tertiary/aromatic N) is 1. The van der Waals surface area contributed by atoms with E-state index >= 15 is 0 Å². The molecule has 0 aliphatic carbocycles. The second-order valence-corrected chi connectivity index (χ2v) is 8.16. The minimum absolute atomic E-state index is 0.203. The Morgan fingerprint density at radius 3 is 2.35 bits per heavy atom. The lowest BCUT2D eigenvalue weighted by Gasteiger charge is -2.14. The van der Waals surface area contributed by atoms with Gasteiger partial charge in [-0.05, 0) is 67.4 Å². The topological polar surface area (TPSA) is 66.8 Å². The zero-order chi connectivity index (χ0) is 24.4. The first kappa shape index (κ1) is 23.5. The summed E-state index contributed by atoms with van der Waals surface area (Å²) >= 11 is 6.03. The molecule has 6 nitrogen and oxygen atoms in total. The number of methoxy groups -OCH3 is 1. The van der Waals surface area contributed by atoms with Crippen molar-refractivity contribution in [3.05, 3.63) is 88.1 Å². The van der Waals surface area contributed by atoms with E-state index in [0.717, 1.165) is 16.5 Å². The minimum Gasteiger partial charge on any atom is -0.497 e. The summed E-state index contributed by atoms with van der Waals surface area (Å²) in [5, 5.41) is 1.33. The van der Waals surface area contributed by atoms with Gasteiger partial charge in [0.2, 0.25) is 0 Å². The highest BCUT2D eigenvalue weighted by Gasteiger charge is 2.26. The van der Waals surface area contributed by atoms with Gasteiger partial charge < -0.3 is 4.74 Å². The zero-order valence-corrected chi connectivity index (χ0v) is 20.1. The third-order valence-corrected chi connectivity index (χ3v) is 6.12. The van der Waals surface area contributed by atoms with E-state index in [-0.39, 0.29) is 5.91 Å². The molecule has 0 aliphatic rings. The molecule has 0 unspecified atom stereocenters. The SMILES string of the molecule is CCc1cccc(C(=O)OOC)c1-c1c(C)n(C(=O)c2ccc(Cl)cc2)c2ccc(OC)cc12. The number of carbonyl (C=O) groups excluding carboxylic acids is 2. The first-order valence-electron chi connectivity index (χ1n) is 10.8. The van der Waals surface area contributed by atoms with Crippen LogP contribution in [0.5, 0.6) is 5.75 Å². The van der Waals surface area contributed by atoms with Crippen LogP contribution in [0.4, 0.5) is 0 Å². The van der Waals surface area contributed by atoms with Crippen molar-refractivity contribution in [3.8, 4) is 16.9 Å². The molecule has 174 valence electrons. The van der Waals surface area contributed by atoms with Crippen LogP contribution in [-0.4, -0.2) is 30.7 Å². The van der Waals surface area contributed by atoms with Crippen LogP contribution in [0.2, 0.25) is 5.02 Å². The van der Waals surface area contributed by atoms with Crippen molar-refractivity contribution >= 4 is 34.4 Å². The molecule has 34 heavy (non-hydrogen) atoms. The summed E-state index contributed by atoms with van der Waals surface area (Å²) in [6.45, 7) is 3.88. The Morgan fingerprint density at radius 1 is 0.971 bits per heavy atom. The Hall–Kier alpha value is -3.61. The molecule has 4 aromatic rings. The Labute approximate surface area is 202 Å². The van der Waals surface area contributed by atoms with Crippen molar-refractivity contribution in [2.24, 2.45) is 0 Å². The largest absolute Gasteiger partial charge is 0.497 e. The van der Waals surface area contributed by atoms with E-state index in [2.05, 4.69) is 4.89 Å².